The molecule has 0 unspecified atom stereocenters. The third-order valence-corrected chi connectivity index (χ3v) is 3.74. The Labute approximate surface area is 95.2 Å². The molecule has 0 atom stereocenters. The van der Waals surface area contributed by atoms with Crippen molar-refractivity contribution in [3.05, 3.63) is 23.9 Å². The van der Waals surface area contributed by atoms with Crippen molar-refractivity contribution in [3.63, 3.8) is 0 Å². The van der Waals surface area contributed by atoms with Gasteiger partial charge < -0.3 is 0 Å². The number of pyridine rings is 1. The van der Waals surface area contributed by atoms with Gasteiger partial charge in [-0.1, -0.05) is 0 Å². The molecular formula is C8H7ClF3NO2S. The fraction of sp³-hybridized carbons (Fsp3) is 0.375. The van der Waals surface area contributed by atoms with Gasteiger partial charge in [0.2, 0.25) is 0 Å². The molecule has 0 aromatic carbocycles. The van der Waals surface area contributed by atoms with E-state index in [9.17, 15) is 21.6 Å². The average Bonchev–Trinajstić information content (AvgIpc) is 2.16. The predicted molar refractivity (Wildman–Crippen MR) is 52.0 cm³/mol. The number of sulfone groups is 1. The Morgan fingerprint density at radius 3 is 2.50 bits per heavy atom. The topological polar surface area (TPSA) is 47.0 Å². The molecular weight excluding hydrogens is 267 g/mol. The number of aromatic nitrogens is 1. The first-order valence-electron chi connectivity index (χ1n) is 4.09. The van der Waals surface area contributed by atoms with Crippen LogP contribution in [0.1, 0.15) is 5.56 Å². The molecule has 0 saturated heterocycles. The predicted octanol–water partition coefficient (Wildman–Crippen LogP) is 2.11. The molecule has 0 aliphatic rings. The Bertz CT molecular complexity index is 472. The van der Waals surface area contributed by atoms with E-state index in [-0.39, 0.29) is 5.88 Å². The number of rotatable bonds is 3. The SMILES string of the molecule is O=S(=O)(CCCl)c1cc(C(F)(F)F)ccn1. The van der Waals surface area contributed by atoms with E-state index in [0.29, 0.717) is 12.1 Å². The van der Waals surface area contributed by atoms with E-state index in [1.807, 2.05) is 0 Å². The van der Waals surface area contributed by atoms with Crippen molar-refractivity contribution in [2.75, 3.05) is 11.6 Å². The van der Waals surface area contributed by atoms with Crippen LogP contribution in [0.3, 0.4) is 0 Å². The van der Waals surface area contributed by atoms with Gasteiger partial charge in [-0.15, -0.1) is 11.6 Å². The van der Waals surface area contributed by atoms with E-state index < -0.39 is 32.4 Å². The summed E-state index contributed by atoms with van der Waals surface area (Å²) in [5.41, 5.74) is -1.05. The minimum absolute atomic E-state index is 0.194. The zero-order valence-electron chi connectivity index (χ0n) is 7.83. The highest BCUT2D eigenvalue weighted by atomic mass is 35.5. The highest BCUT2D eigenvalue weighted by Crippen LogP contribution is 2.29. The maximum atomic E-state index is 12.3. The molecule has 90 valence electrons. The van der Waals surface area contributed by atoms with E-state index in [2.05, 4.69) is 4.98 Å². The molecule has 3 nitrogen and oxygen atoms in total. The largest absolute Gasteiger partial charge is 0.416 e. The van der Waals surface area contributed by atoms with Gasteiger partial charge in [0.05, 0.1) is 11.3 Å². The monoisotopic (exact) mass is 273 g/mol. The zero-order chi connectivity index (χ0) is 12.4. The number of hydrogen-bond donors (Lipinski definition) is 0. The van der Waals surface area contributed by atoms with Gasteiger partial charge in [0.15, 0.2) is 14.9 Å². The zero-order valence-corrected chi connectivity index (χ0v) is 9.40. The lowest BCUT2D eigenvalue weighted by atomic mass is 10.3. The molecule has 0 aliphatic carbocycles. The molecule has 0 N–H and O–H groups in total. The van der Waals surface area contributed by atoms with E-state index in [0.717, 1.165) is 6.20 Å². The molecule has 16 heavy (non-hydrogen) atoms. The lowest BCUT2D eigenvalue weighted by molar-refractivity contribution is -0.137. The number of alkyl halides is 4. The highest BCUT2D eigenvalue weighted by Gasteiger charge is 2.32. The first kappa shape index (κ1) is 13.2. The Balaban J connectivity index is 3.19. The van der Waals surface area contributed by atoms with Gasteiger partial charge in [0.1, 0.15) is 0 Å². The molecule has 1 rings (SSSR count). The maximum absolute atomic E-state index is 12.3. The highest BCUT2D eigenvalue weighted by molar-refractivity contribution is 7.91. The molecule has 0 saturated carbocycles. The summed E-state index contributed by atoms with van der Waals surface area (Å²) in [4.78, 5) is 3.40. The van der Waals surface area contributed by atoms with Crippen molar-refractivity contribution in [1.29, 1.82) is 0 Å². The van der Waals surface area contributed by atoms with Crippen LogP contribution in [0.25, 0.3) is 0 Å². The lowest BCUT2D eigenvalue weighted by Crippen LogP contribution is -2.12. The Morgan fingerprint density at radius 2 is 2.00 bits per heavy atom. The van der Waals surface area contributed by atoms with Gasteiger partial charge in [-0.3, -0.25) is 0 Å². The lowest BCUT2D eigenvalue weighted by Gasteiger charge is -2.07. The molecule has 0 bridgehead atoms. The van der Waals surface area contributed by atoms with Gasteiger partial charge >= 0.3 is 6.18 Å². The molecule has 1 aromatic heterocycles. The number of hydrogen-bond acceptors (Lipinski definition) is 3. The van der Waals surface area contributed by atoms with Crippen molar-refractivity contribution in [1.82, 2.24) is 4.98 Å². The van der Waals surface area contributed by atoms with Crippen LogP contribution in [0.15, 0.2) is 23.4 Å². The van der Waals surface area contributed by atoms with E-state index in [1.54, 1.807) is 0 Å². The van der Waals surface area contributed by atoms with Gasteiger partial charge in [0.25, 0.3) is 0 Å². The first-order valence-corrected chi connectivity index (χ1v) is 6.28. The third kappa shape index (κ3) is 3.08. The van der Waals surface area contributed by atoms with Crippen LogP contribution >= 0.6 is 11.6 Å². The van der Waals surface area contributed by atoms with Crippen LogP contribution in [0.5, 0.6) is 0 Å². The molecule has 1 aromatic rings. The van der Waals surface area contributed by atoms with Crippen LogP contribution in [-0.2, 0) is 16.0 Å². The van der Waals surface area contributed by atoms with Gasteiger partial charge in [0, 0.05) is 12.1 Å². The second-order valence-electron chi connectivity index (χ2n) is 2.89. The second-order valence-corrected chi connectivity index (χ2v) is 5.32. The van der Waals surface area contributed by atoms with Gasteiger partial charge in [-0.05, 0) is 12.1 Å². The van der Waals surface area contributed by atoms with Crippen LogP contribution < -0.4 is 0 Å². The number of nitrogens with zero attached hydrogens (tertiary/aromatic N) is 1. The first-order chi connectivity index (χ1) is 7.27. The minimum Gasteiger partial charge on any atom is -0.245 e. The third-order valence-electron chi connectivity index (χ3n) is 1.73. The van der Waals surface area contributed by atoms with Crippen LogP contribution in [0.2, 0.25) is 0 Å². The number of halogens is 4. The average molecular weight is 274 g/mol. The van der Waals surface area contributed by atoms with Crippen molar-refractivity contribution in [2.24, 2.45) is 0 Å². The maximum Gasteiger partial charge on any atom is 0.416 e. The van der Waals surface area contributed by atoms with Crippen LogP contribution in [0, 0.1) is 0 Å². The normalized spacial score (nSPS) is 12.8. The van der Waals surface area contributed by atoms with Crippen molar-refractivity contribution in [2.45, 2.75) is 11.2 Å². The quantitative estimate of drug-likeness (QED) is 0.793. The van der Waals surface area contributed by atoms with Crippen molar-refractivity contribution in [3.8, 4) is 0 Å². The molecule has 8 heteroatoms. The van der Waals surface area contributed by atoms with Crippen molar-refractivity contribution < 1.29 is 21.6 Å². The summed E-state index contributed by atoms with van der Waals surface area (Å²) >= 11 is 5.24. The van der Waals surface area contributed by atoms with Gasteiger partial charge in [-0.2, -0.15) is 13.2 Å². The van der Waals surface area contributed by atoms with E-state index >= 15 is 0 Å². The summed E-state index contributed by atoms with van der Waals surface area (Å²) in [7, 11) is -3.84. The fourth-order valence-electron chi connectivity index (χ4n) is 0.962. The summed E-state index contributed by atoms with van der Waals surface area (Å²) in [5.74, 6) is -0.636. The Kier molecular flexibility index (Phi) is 3.80. The summed E-state index contributed by atoms with van der Waals surface area (Å²) < 4.78 is 59.7. The fourth-order valence-corrected chi connectivity index (χ4v) is 2.51. The van der Waals surface area contributed by atoms with E-state index in [1.165, 1.54) is 0 Å². The summed E-state index contributed by atoms with van der Waals surface area (Å²) in [6, 6.07) is 1.21. The summed E-state index contributed by atoms with van der Waals surface area (Å²) in [6.07, 6.45) is -3.78. The van der Waals surface area contributed by atoms with Crippen LogP contribution in [0.4, 0.5) is 13.2 Å². The van der Waals surface area contributed by atoms with E-state index in [4.69, 9.17) is 11.6 Å². The summed E-state index contributed by atoms with van der Waals surface area (Å²) in [5, 5.41) is -0.608. The standard InChI is InChI=1S/C8H7ClF3NO2S/c9-2-4-16(14,15)7-5-6(1-3-13-7)8(10,11)12/h1,3,5H,2,4H2. The van der Waals surface area contributed by atoms with Crippen molar-refractivity contribution >= 4 is 21.4 Å². The Hall–Kier alpha value is -0.820. The summed E-state index contributed by atoms with van der Waals surface area (Å²) in [6.45, 7) is 0. The molecule has 0 fully saturated rings. The molecule has 1 heterocycles. The van der Waals surface area contributed by atoms with Crippen LogP contribution in [-0.4, -0.2) is 25.0 Å². The molecule has 0 radical (unpaired) electrons. The minimum atomic E-state index is -4.59. The smallest absolute Gasteiger partial charge is 0.245 e. The second kappa shape index (κ2) is 4.58. The molecule has 0 aliphatic heterocycles. The molecule has 0 amide bonds. The van der Waals surface area contributed by atoms with Gasteiger partial charge in [-0.25, -0.2) is 13.4 Å². The Morgan fingerprint density at radius 1 is 1.38 bits per heavy atom. The molecule has 0 spiro atoms.